The molecule has 2 aromatic rings. The lowest BCUT2D eigenvalue weighted by Gasteiger charge is -2.34. The molecule has 9 heteroatoms. The van der Waals surface area contributed by atoms with E-state index in [4.69, 9.17) is 0 Å². The Kier molecular flexibility index (Phi) is 4.29. The zero-order valence-electron chi connectivity index (χ0n) is 12.4. The van der Waals surface area contributed by atoms with Crippen molar-refractivity contribution in [3.63, 3.8) is 0 Å². The molecule has 0 amide bonds. The third kappa shape index (κ3) is 3.51. The maximum Gasteiger partial charge on any atom is 0.285 e. The molecule has 3 rings (SSSR count). The molecule has 0 unspecified atom stereocenters. The zero-order valence-corrected chi connectivity index (χ0v) is 12.4. The van der Waals surface area contributed by atoms with Crippen LogP contribution in [-0.4, -0.2) is 50.5 Å². The average Bonchev–Trinajstić information content (AvgIpc) is 2.58. The van der Waals surface area contributed by atoms with Crippen molar-refractivity contribution in [1.29, 1.82) is 0 Å². The molecule has 1 aliphatic rings. The number of nitro groups is 1. The van der Waals surface area contributed by atoms with Crippen LogP contribution in [0.15, 0.2) is 41.6 Å². The summed E-state index contributed by atoms with van der Waals surface area (Å²) < 4.78 is 1.37. The fourth-order valence-corrected chi connectivity index (χ4v) is 2.50. The van der Waals surface area contributed by atoms with E-state index in [1.165, 1.54) is 22.9 Å². The molecular formula is C14H16N6O3. The average molecular weight is 316 g/mol. The predicted octanol–water partition coefficient (Wildman–Crippen LogP) is 0.326. The molecule has 0 aliphatic carbocycles. The Labute approximate surface area is 132 Å². The van der Waals surface area contributed by atoms with E-state index in [2.05, 4.69) is 19.8 Å². The number of rotatable bonds is 4. The van der Waals surface area contributed by atoms with Crippen LogP contribution in [0.1, 0.15) is 0 Å². The molecule has 0 radical (unpaired) electrons. The number of hydrogen-bond donors (Lipinski definition) is 0. The Morgan fingerprint density at radius 2 is 1.83 bits per heavy atom. The van der Waals surface area contributed by atoms with Gasteiger partial charge in [-0.1, -0.05) is 0 Å². The van der Waals surface area contributed by atoms with Crippen molar-refractivity contribution in [2.24, 2.45) is 0 Å². The van der Waals surface area contributed by atoms with E-state index in [-0.39, 0.29) is 11.2 Å². The topological polar surface area (TPSA) is 97.4 Å². The lowest BCUT2D eigenvalue weighted by Crippen LogP contribution is -2.48. The maximum absolute atomic E-state index is 11.8. The fourth-order valence-electron chi connectivity index (χ4n) is 2.50. The summed E-state index contributed by atoms with van der Waals surface area (Å²) in [6, 6.07) is 4.23. The smallest absolute Gasteiger partial charge is 0.285 e. The highest BCUT2D eigenvalue weighted by Crippen LogP contribution is 2.11. The minimum atomic E-state index is -0.499. The summed E-state index contributed by atoms with van der Waals surface area (Å²) in [6.07, 6.45) is 4.70. The van der Waals surface area contributed by atoms with E-state index in [9.17, 15) is 14.9 Å². The standard InChI is InChI=1S/C14H16N6O3/c21-13-3-2-12(20(22)23)10-19(13)11-17-6-8-18(9-7-17)14-15-4-1-5-16-14/h1-5,10H,6-9,11H2. The Morgan fingerprint density at radius 3 is 2.48 bits per heavy atom. The van der Waals surface area contributed by atoms with Gasteiger partial charge >= 0.3 is 0 Å². The lowest BCUT2D eigenvalue weighted by molar-refractivity contribution is -0.385. The minimum Gasteiger partial charge on any atom is -0.338 e. The van der Waals surface area contributed by atoms with Gasteiger partial charge in [0.15, 0.2) is 0 Å². The van der Waals surface area contributed by atoms with Crippen molar-refractivity contribution < 1.29 is 4.92 Å². The highest BCUT2D eigenvalue weighted by atomic mass is 16.6. The molecule has 0 aromatic carbocycles. The molecule has 1 fully saturated rings. The molecule has 0 atom stereocenters. The predicted molar refractivity (Wildman–Crippen MR) is 83.2 cm³/mol. The summed E-state index contributed by atoms with van der Waals surface area (Å²) in [5.74, 6) is 0.694. The molecule has 0 saturated carbocycles. The second kappa shape index (κ2) is 6.53. The van der Waals surface area contributed by atoms with Gasteiger partial charge in [-0.25, -0.2) is 9.97 Å². The van der Waals surface area contributed by atoms with Crippen molar-refractivity contribution in [3.8, 4) is 0 Å². The molecule has 1 saturated heterocycles. The molecule has 1 aliphatic heterocycles. The number of hydrogen-bond acceptors (Lipinski definition) is 7. The first-order chi connectivity index (χ1) is 11.1. The summed E-state index contributed by atoms with van der Waals surface area (Å²) >= 11 is 0. The summed E-state index contributed by atoms with van der Waals surface area (Å²) in [7, 11) is 0. The number of aromatic nitrogens is 3. The molecule has 3 heterocycles. The molecule has 9 nitrogen and oxygen atoms in total. The first kappa shape index (κ1) is 15.1. The SMILES string of the molecule is O=c1ccc([N+](=O)[O-])cn1CN1CCN(c2ncccn2)CC1. The van der Waals surface area contributed by atoms with Gasteiger partial charge in [-0.05, 0) is 6.07 Å². The van der Waals surface area contributed by atoms with Gasteiger partial charge < -0.3 is 4.90 Å². The molecule has 120 valence electrons. The Hall–Kier alpha value is -2.81. The van der Waals surface area contributed by atoms with Gasteiger partial charge in [-0.3, -0.25) is 24.4 Å². The quantitative estimate of drug-likeness (QED) is 0.592. The van der Waals surface area contributed by atoms with Crippen LogP contribution in [0.2, 0.25) is 0 Å². The van der Waals surface area contributed by atoms with E-state index < -0.39 is 4.92 Å². The van der Waals surface area contributed by atoms with Crippen molar-refractivity contribution in [1.82, 2.24) is 19.4 Å². The molecular weight excluding hydrogens is 300 g/mol. The highest BCUT2D eigenvalue weighted by molar-refractivity contribution is 5.29. The second-order valence-corrected chi connectivity index (χ2v) is 5.25. The summed E-state index contributed by atoms with van der Waals surface area (Å²) in [6.45, 7) is 3.28. The van der Waals surface area contributed by atoms with Gasteiger partial charge in [-0.2, -0.15) is 0 Å². The van der Waals surface area contributed by atoms with E-state index >= 15 is 0 Å². The van der Waals surface area contributed by atoms with Crippen LogP contribution in [0.4, 0.5) is 11.6 Å². The van der Waals surface area contributed by atoms with Crippen LogP contribution in [0.5, 0.6) is 0 Å². The van der Waals surface area contributed by atoms with Crippen LogP contribution >= 0.6 is 0 Å². The van der Waals surface area contributed by atoms with E-state index in [0.717, 1.165) is 26.2 Å². The fraction of sp³-hybridized carbons (Fsp3) is 0.357. The lowest BCUT2D eigenvalue weighted by atomic mass is 10.3. The Balaban J connectivity index is 1.64. The van der Waals surface area contributed by atoms with Gasteiger partial charge in [0.25, 0.3) is 11.2 Å². The van der Waals surface area contributed by atoms with Gasteiger partial charge in [0, 0.05) is 50.7 Å². The number of pyridine rings is 1. The zero-order chi connectivity index (χ0) is 16.2. The first-order valence-corrected chi connectivity index (χ1v) is 7.23. The van der Waals surface area contributed by atoms with Gasteiger partial charge in [0.05, 0.1) is 17.8 Å². The van der Waals surface area contributed by atoms with E-state index in [0.29, 0.717) is 12.6 Å². The van der Waals surface area contributed by atoms with Crippen molar-refractivity contribution >= 4 is 11.6 Å². The molecule has 0 bridgehead atoms. The monoisotopic (exact) mass is 316 g/mol. The third-order valence-electron chi connectivity index (χ3n) is 3.74. The van der Waals surface area contributed by atoms with Crippen LogP contribution in [0.3, 0.4) is 0 Å². The third-order valence-corrected chi connectivity index (χ3v) is 3.74. The number of anilines is 1. The van der Waals surface area contributed by atoms with Crippen LogP contribution in [0, 0.1) is 10.1 Å². The number of piperazine rings is 1. The molecule has 0 N–H and O–H groups in total. The molecule has 0 spiro atoms. The van der Waals surface area contributed by atoms with Crippen LogP contribution in [0.25, 0.3) is 0 Å². The molecule has 2 aromatic heterocycles. The minimum absolute atomic E-state index is 0.0825. The highest BCUT2D eigenvalue weighted by Gasteiger charge is 2.19. The van der Waals surface area contributed by atoms with Crippen molar-refractivity contribution in [2.45, 2.75) is 6.67 Å². The van der Waals surface area contributed by atoms with Crippen LogP contribution in [-0.2, 0) is 6.67 Å². The summed E-state index contributed by atoms with van der Waals surface area (Å²) in [5.41, 5.74) is -0.328. The summed E-state index contributed by atoms with van der Waals surface area (Å²) in [4.78, 5) is 34.7. The van der Waals surface area contributed by atoms with Crippen molar-refractivity contribution in [2.75, 3.05) is 31.1 Å². The van der Waals surface area contributed by atoms with Gasteiger partial charge in [0.2, 0.25) is 5.95 Å². The maximum atomic E-state index is 11.8. The second-order valence-electron chi connectivity index (χ2n) is 5.25. The first-order valence-electron chi connectivity index (χ1n) is 7.23. The van der Waals surface area contributed by atoms with Crippen molar-refractivity contribution in [3.05, 3.63) is 57.3 Å². The molecule has 23 heavy (non-hydrogen) atoms. The van der Waals surface area contributed by atoms with Gasteiger partial charge in [0.1, 0.15) is 0 Å². The van der Waals surface area contributed by atoms with E-state index in [1.54, 1.807) is 18.5 Å². The normalized spacial score (nSPS) is 15.6. The Bertz CT molecular complexity index is 740. The van der Waals surface area contributed by atoms with E-state index in [1.807, 2.05) is 0 Å². The van der Waals surface area contributed by atoms with Crippen LogP contribution < -0.4 is 10.5 Å². The largest absolute Gasteiger partial charge is 0.338 e. The Morgan fingerprint density at radius 1 is 1.13 bits per heavy atom. The summed E-state index contributed by atoms with van der Waals surface area (Å²) in [5, 5.41) is 10.8. The van der Waals surface area contributed by atoms with Gasteiger partial charge in [-0.15, -0.1) is 0 Å². The number of nitrogens with zero attached hydrogens (tertiary/aromatic N) is 6.